The summed E-state index contributed by atoms with van der Waals surface area (Å²) in [5.74, 6) is 0.139. The second-order valence-corrected chi connectivity index (χ2v) is 6.98. The maximum absolute atomic E-state index is 12.6. The molecule has 1 aromatic heterocycles. The number of carbonyl (C=O) groups is 1. The van der Waals surface area contributed by atoms with Crippen LogP contribution in [0.4, 0.5) is 5.69 Å². The lowest BCUT2D eigenvalue weighted by molar-refractivity contribution is -0.120. The zero-order valence-corrected chi connectivity index (χ0v) is 14.2. The molecule has 3 nitrogen and oxygen atoms in total. The fourth-order valence-electron chi connectivity index (χ4n) is 3.40. The van der Waals surface area contributed by atoms with Crippen LogP contribution in [0.15, 0.2) is 53.0 Å². The van der Waals surface area contributed by atoms with Crippen LogP contribution in [0.1, 0.15) is 17.7 Å². The monoisotopic (exact) mass is 368 g/mol. The van der Waals surface area contributed by atoms with E-state index < -0.39 is 0 Å². The molecule has 3 aromatic rings. The highest BCUT2D eigenvalue weighted by Gasteiger charge is 2.27. The average molecular weight is 369 g/mol. The number of anilines is 1. The first kappa shape index (κ1) is 14.5. The molecule has 0 bridgehead atoms. The number of halogens is 1. The highest BCUT2D eigenvalue weighted by atomic mass is 79.9. The second kappa shape index (κ2) is 5.85. The van der Waals surface area contributed by atoms with E-state index in [2.05, 4.69) is 44.4 Å². The van der Waals surface area contributed by atoms with Crippen molar-refractivity contribution < 1.29 is 4.79 Å². The molecule has 0 saturated heterocycles. The van der Waals surface area contributed by atoms with Gasteiger partial charge < -0.3 is 10.3 Å². The fraction of sp³-hybridized carbons (Fsp3) is 0.211. The lowest BCUT2D eigenvalue weighted by Crippen LogP contribution is -2.28. The van der Waals surface area contributed by atoms with Gasteiger partial charge in [0.15, 0.2) is 0 Å². The van der Waals surface area contributed by atoms with Crippen molar-refractivity contribution in [1.29, 1.82) is 0 Å². The molecule has 0 aliphatic heterocycles. The van der Waals surface area contributed by atoms with Crippen LogP contribution in [0.2, 0.25) is 0 Å². The van der Waals surface area contributed by atoms with Crippen LogP contribution in [0.3, 0.4) is 0 Å². The number of H-pyrrole nitrogens is 1. The normalized spacial score (nSPS) is 17.0. The predicted octanol–water partition coefficient (Wildman–Crippen LogP) is 4.67. The van der Waals surface area contributed by atoms with Gasteiger partial charge in [-0.1, -0.05) is 40.2 Å². The molecule has 1 aliphatic rings. The van der Waals surface area contributed by atoms with Gasteiger partial charge in [-0.15, -0.1) is 0 Å². The lowest BCUT2D eigenvalue weighted by Gasteiger charge is -2.22. The maximum Gasteiger partial charge on any atom is 0.227 e. The van der Waals surface area contributed by atoms with Gasteiger partial charge in [-0.3, -0.25) is 4.79 Å². The molecule has 116 valence electrons. The molecule has 0 saturated carbocycles. The van der Waals surface area contributed by atoms with Crippen molar-refractivity contribution in [2.45, 2.75) is 19.3 Å². The molecule has 4 rings (SSSR count). The number of para-hydroxylation sites is 1. The molecular weight excluding hydrogens is 352 g/mol. The predicted molar refractivity (Wildman–Crippen MR) is 96.6 cm³/mol. The van der Waals surface area contributed by atoms with Gasteiger partial charge in [0, 0.05) is 32.7 Å². The third-order valence-corrected chi connectivity index (χ3v) is 5.05. The maximum atomic E-state index is 12.6. The Hall–Kier alpha value is -2.07. The van der Waals surface area contributed by atoms with Gasteiger partial charge >= 0.3 is 0 Å². The molecule has 0 radical (unpaired) electrons. The minimum atomic E-state index is 0.0284. The largest absolute Gasteiger partial charge is 0.358 e. The first-order chi connectivity index (χ1) is 11.2. The summed E-state index contributed by atoms with van der Waals surface area (Å²) in [6, 6.07) is 16.1. The third kappa shape index (κ3) is 2.79. The molecular formula is C19H17BrN2O. The topological polar surface area (TPSA) is 44.9 Å². The molecule has 0 spiro atoms. The van der Waals surface area contributed by atoms with Crippen LogP contribution in [0.5, 0.6) is 0 Å². The molecule has 2 aromatic carbocycles. The van der Waals surface area contributed by atoms with E-state index in [1.165, 1.54) is 22.2 Å². The molecule has 1 unspecified atom stereocenters. The third-order valence-electron chi connectivity index (χ3n) is 4.56. The summed E-state index contributed by atoms with van der Waals surface area (Å²) in [5.41, 5.74) is 4.61. The Bertz CT molecular complexity index is 884. The van der Waals surface area contributed by atoms with Crippen LogP contribution in [-0.4, -0.2) is 10.9 Å². The van der Waals surface area contributed by atoms with E-state index in [9.17, 15) is 4.79 Å². The minimum Gasteiger partial charge on any atom is -0.358 e. The van der Waals surface area contributed by atoms with Crippen molar-refractivity contribution in [3.63, 3.8) is 0 Å². The number of benzene rings is 2. The Labute approximate surface area is 143 Å². The van der Waals surface area contributed by atoms with Gasteiger partial charge in [0.2, 0.25) is 5.91 Å². The van der Waals surface area contributed by atoms with Gasteiger partial charge in [-0.2, -0.15) is 0 Å². The first-order valence-corrected chi connectivity index (χ1v) is 8.65. The van der Waals surface area contributed by atoms with Crippen molar-refractivity contribution >= 4 is 38.4 Å². The zero-order valence-electron chi connectivity index (χ0n) is 12.6. The summed E-state index contributed by atoms with van der Waals surface area (Å²) in [6.45, 7) is 0. The van der Waals surface area contributed by atoms with Crippen LogP contribution >= 0.6 is 15.9 Å². The van der Waals surface area contributed by atoms with Gasteiger partial charge in [0.05, 0.1) is 0 Å². The number of hydrogen-bond acceptors (Lipinski definition) is 1. The van der Waals surface area contributed by atoms with Crippen molar-refractivity contribution in [3.05, 3.63) is 64.3 Å². The molecule has 0 fully saturated rings. The molecule has 4 heteroatoms. The highest BCUT2D eigenvalue weighted by molar-refractivity contribution is 9.10. The summed E-state index contributed by atoms with van der Waals surface area (Å²) >= 11 is 3.44. The molecule has 2 N–H and O–H groups in total. The number of rotatable bonds is 2. The second-order valence-electron chi connectivity index (χ2n) is 6.07. The minimum absolute atomic E-state index is 0.0284. The van der Waals surface area contributed by atoms with E-state index in [1.807, 2.05) is 30.3 Å². The van der Waals surface area contributed by atoms with E-state index in [-0.39, 0.29) is 11.8 Å². The number of amides is 1. The Morgan fingerprint density at radius 3 is 2.91 bits per heavy atom. The Morgan fingerprint density at radius 1 is 1.17 bits per heavy atom. The number of nitrogens with one attached hydrogen (secondary N) is 2. The molecule has 1 amide bonds. The van der Waals surface area contributed by atoms with E-state index in [4.69, 9.17) is 0 Å². The van der Waals surface area contributed by atoms with Crippen molar-refractivity contribution in [1.82, 2.24) is 4.98 Å². The Kier molecular flexibility index (Phi) is 3.69. The Morgan fingerprint density at radius 2 is 2.04 bits per heavy atom. The van der Waals surface area contributed by atoms with Crippen LogP contribution < -0.4 is 5.32 Å². The zero-order chi connectivity index (χ0) is 15.8. The number of carbonyl (C=O) groups excluding carboxylic acids is 1. The summed E-state index contributed by atoms with van der Waals surface area (Å²) in [7, 11) is 0. The SMILES string of the molecule is O=C(Nc1cccc(Br)c1)C1CCc2[nH]c3ccccc3c2C1. The molecule has 1 heterocycles. The van der Waals surface area contributed by atoms with E-state index >= 15 is 0 Å². The number of aromatic nitrogens is 1. The van der Waals surface area contributed by atoms with Gasteiger partial charge in [-0.25, -0.2) is 0 Å². The van der Waals surface area contributed by atoms with Gasteiger partial charge in [0.1, 0.15) is 0 Å². The fourth-order valence-corrected chi connectivity index (χ4v) is 3.80. The standard InChI is InChI=1S/C19H17BrN2O/c20-13-4-3-5-14(11-13)21-19(23)12-8-9-18-16(10-12)15-6-1-2-7-17(15)22-18/h1-7,11-12,22H,8-10H2,(H,21,23). The number of fused-ring (bicyclic) bond motifs is 3. The van der Waals surface area contributed by atoms with E-state index in [1.54, 1.807) is 0 Å². The average Bonchev–Trinajstić information content (AvgIpc) is 2.92. The number of aryl methyl sites for hydroxylation is 1. The van der Waals surface area contributed by atoms with Crippen molar-refractivity contribution in [3.8, 4) is 0 Å². The highest BCUT2D eigenvalue weighted by Crippen LogP contribution is 2.32. The Balaban J connectivity index is 1.56. The summed E-state index contributed by atoms with van der Waals surface area (Å²) < 4.78 is 0.970. The lowest BCUT2D eigenvalue weighted by atomic mass is 9.86. The number of aromatic amines is 1. The van der Waals surface area contributed by atoms with Gasteiger partial charge in [0.25, 0.3) is 0 Å². The number of hydrogen-bond donors (Lipinski definition) is 2. The van der Waals surface area contributed by atoms with Crippen LogP contribution in [-0.2, 0) is 17.6 Å². The van der Waals surface area contributed by atoms with Crippen molar-refractivity contribution in [2.75, 3.05) is 5.32 Å². The summed E-state index contributed by atoms with van der Waals surface area (Å²) in [4.78, 5) is 16.1. The smallest absolute Gasteiger partial charge is 0.227 e. The van der Waals surface area contributed by atoms with Crippen LogP contribution in [0.25, 0.3) is 10.9 Å². The van der Waals surface area contributed by atoms with Crippen molar-refractivity contribution in [2.24, 2.45) is 5.92 Å². The van der Waals surface area contributed by atoms with E-state index in [0.29, 0.717) is 0 Å². The van der Waals surface area contributed by atoms with E-state index in [0.717, 1.165) is 29.4 Å². The van der Waals surface area contributed by atoms with Gasteiger partial charge in [-0.05, 0) is 49.1 Å². The summed E-state index contributed by atoms with van der Waals surface area (Å²) in [6.07, 6.45) is 2.62. The van der Waals surface area contributed by atoms with Crippen LogP contribution in [0, 0.1) is 5.92 Å². The first-order valence-electron chi connectivity index (χ1n) is 7.85. The molecule has 23 heavy (non-hydrogen) atoms. The summed E-state index contributed by atoms with van der Waals surface area (Å²) in [5, 5.41) is 4.30. The molecule has 1 atom stereocenters. The molecule has 1 aliphatic carbocycles. The quantitative estimate of drug-likeness (QED) is 0.677.